The van der Waals surface area contributed by atoms with Gasteiger partial charge in [0.15, 0.2) is 0 Å². The van der Waals surface area contributed by atoms with Gasteiger partial charge in [0, 0.05) is 12.3 Å². The van der Waals surface area contributed by atoms with E-state index in [1.54, 1.807) is 31.2 Å². The fourth-order valence-corrected chi connectivity index (χ4v) is 3.78. The quantitative estimate of drug-likeness (QED) is 0.745. The summed E-state index contributed by atoms with van der Waals surface area (Å²) in [5.74, 6) is -0.639. The van der Waals surface area contributed by atoms with Gasteiger partial charge in [0.25, 0.3) is 5.56 Å². The van der Waals surface area contributed by atoms with E-state index in [1.807, 2.05) is 0 Å². The SMILES string of the molecule is CC1c2c(nc(Cc3ccc(O)cc3)[nH]c2=O)SC1C(=O)O. The number of hydrogen-bond donors (Lipinski definition) is 3. The molecule has 3 N–H and O–H groups in total. The first-order chi connectivity index (χ1) is 10.5. The van der Waals surface area contributed by atoms with Gasteiger partial charge in [0.05, 0.1) is 5.56 Å². The number of nitrogens with one attached hydrogen (secondary N) is 1. The van der Waals surface area contributed by atoms with Crippen molar-refractivity contribution in [1.82, 2.24) is 9.97 Å². The topological polar surface area (TPSA) is 103 Å². The number of carbonyl (C=O) groups is 1. The van der Waals surface area contributed by atoms with Crippen LogP contribution in [0.4, 0.5) is 0 Å². The molecule has 2 heterocycles. The third-order valence-electron chi connectivity index (χ3n) is 3.67. The molecule has 2 aromatic rings. The summed E-state index contributed by atoms with van der Waals surface area (Å²) in [6.45, 7) is 1.73. The molecule has 0 amide bonds. The molecule has 0 bridgehead atoms. The van der Waals surface area contributed by atoms with Gasteiger partial charge in [-0.15, -0.1) is 0 Å². The molecule has 0 aliphatic carbocycles. The first-order valence-corrected chi connectivity index (χ1v) is 7.64. The number of aromatic hydroxyl groups is 1. The van der Waals surface area contributed by atoms with Crippen molar-refractivity contribution >= 4 is 17.7 Å². The highest BCUT2D eigenvalue weighted by Crippen LogP contribution is 2.42. The van der Waals surface area contributed by atoms with Gasteiger partial charge in [-0.05, 0) is 17.7 Å². The van der Waals surface area contributed by atoms with E-state index in [0.29, 0.717) is 22.8 Å². The Morgan fingerprint density at radius 3 is 2.68 bits per heavy atom. The predicted octanol–water partition coefficient (Wildman–Crippen LogP) is 1.73. The number of benzene rings is 1. The number of thioether (sulfide) groups is 1. The minimum atomic E-state index is -0.935. The molecule has 1 aromatic heterocycles. The lowest BCUT2D eigenvalue weighted by atomic mass is 10.0. The van der Waals surface area contributed by atoms with Crippen LogP contribution in [0.1, 0.15) is 29.8 Å². The maximum Gasteiger partial charge on any atom is 0.317 e. The number of aliphatic carboxylic acids is 1. The number of fused-ring (bicyclic) bond motifs is 1. The first kappa shape index (κ1) is 14.6. The molecule has 2 unspecified atom stereocenters. The number of H-pyrrole nitrogens is 1. The Morgan fingerprint density at radius 2 is 2.05 bits per heavy atom. The van der Waals surface area contributed by atoms with Crippen LogP contribution in [-0.2, 0) is 11.2 Å². The van der Waals surface area contributed by atoms with Gasteiger partial charge < -0.3 is 15.2 Å². The van der Waals surface area contributed by atoms with Crippen LogP contribution in [0, 0.1) is 0 Å². The molecule has 22 heavy (non-hydrogen) atoms. The molecule has 7 heteroatoms. The second-order valence-corrected chi connectivity index (χ2v) is 6.37. The van der Waals surface area contributed by atoms with Crippen LogP contribution in [0.25, 0.3) is 0 Å². The van der Waals surface area contributed by atoms with Crippen LogP contribution in [0.5, 0.6) is 5.75 Å². The van der Waals surface area contributed by atoms with Crippen LogP contribution in [-0.4, -0.2) is 31.4 Å². The number of hydrogen-bond acceptors (Lipinski definition) is 5. The van der Waals surface area contributed by atoms with Crippen LogP contribution in [0.3, 0.4) is 0 Å². The Kier molecular flexibility index (Phi) is 3.66. The maximum atomic E-state index is 12.2. The second kappa shape index (κ2) is 5.49. The summed E-state index contributed by atoms with van der Waals surface area (Å²) in [6, 6.07) is 6.63. The molecule has 114 valence electrons. The van der Waals surface area contributed by atoms with E-state index in [9.17, 15) is 19.8 Å². The van der Waals surface area contributed by atoms with Crippen molar-refractivity contribution in [2.45, 2.75) is 29.5 Å². The molecule has 0 saturated heterocycles. The van der Waals surface area contributed by atoms with Crippen molar-refractivity contribution in [3.8, 4) is 5.75 Å². The number of aromatic nitrogens is 2. The van der Waals surface area contributed by atoms with Crippen molar-refractivity contribution in [3.63, 3.8) is 0 Å². The normalized spacial score (nSPS) is 19.9. The number of carboxylic acid groups (broad SMARTS) is 1. The van der Waals surface area contributed by atoms with Gasteiger partial charge in [-0.2, -0.15) is 0 Å². The molecule has 2 atom stereocenters. The summed E-state index contributed by atoms with van der Waals surface area (Å²) >= 11 is 1.12. The molecule has 0 saturated carbocycles. The summed E-state index contributed by atoms with van der Waals surface area (Å²) in [7, 11) is 0. The summed E-state index contributed by atoms with van der Waals surface area (Å²) in [6.07, 6.45) is 0.412. The third kappa shape index (κ3) is 2.59. The molecule has 1 aromatic carbocycles. The van der Waals surface area contributed by atoms with Gasteiger partial charge in [0.1, 0.15) is 21.8 Å². The highest BCUT2D eigenvalue weighted by molar-refractivity contribution is 8.00. The van der Waals surface area contributed by atoms with Gasteiger partial charge in [0.2, 0.25) is 0 Å². The van der Waals surface area contributed by atoms with Crippen molar-refractivity contribution < 1.29 is 15.0 Å². The van der Waals surface area contributed by atoms with Crippen LogP contribution in [0.2, 0.25) is 0 Å². The first-order valence-electron chi connectivity index (χ1n) is 6.76. The Morgan fingerprint density at radius 1 is 1.36 bits per heavy atom. The number of carboxylic acids is 1. The second-order valence-electron chi connectivity index (χ2n) is 5.24. The lowest BCUT2D eigenvalue weighted by Crippen LogP contribution is -2.23. The standard InChI is InChI=1S/C15H14N2O4S/c1-7-11-13(19)16-10(6-8-2-4-9(18)5-3-8)17-14(11)22-12(7)15(20)21/h2-5,7,12,18H,6H2,1H3,(H,20,21)(H,16,17,19). The number of phenols is 1. The third-order valence-corrected chi connectivity index (χ3v) is 5.07. The van der Waals surface area contributed by atoms with Gasteiger partial charge in [-0.3, -0.25) is 9.59 Å². The monoisotopic (exact) mass is 318 g/mol. The van der Waals surface area contributed by atoms with Gasteiger partial charge >= 0.3 is 5.97 Å². The summed E-state index contributed by atoms with van der Waals surface area (Å²) < 4.78 is 0. The zero-order valence-electron chi connectivity index (χ0n) is 11.7. The number of aromatic amines is 1. The number of phenolic OH excluding ortho intramolecular Hbond substituents is 1. The Labute approximate surface area is 130 Å². The molecular weight excluding hydrogens is 304 g/mol. The summed E-state index contributed by atoms with van der Waals surface area (Å²) in [5.41, 5.74) is 1.07. The molecule has 0 radical (unpaired) electrons. The highest BCUT2D eigenvalue weighted by atomic mass is 32.2. The van der Waals surface area contributed by atoms with Crippen LogP contribution >= 0.6 is 11.8 Å². The van der Waals surface area contributed by atoms with Crippen molar-refractivity contribution in [1.29, 1.82) is 0 Å². The number of rotatable bonds is 3. The molecule has 0 spiro atoms. The summed E-state index contributed by atoms with van der Waals surface area (Å²) in [5, 5.41) is 18.3. The molecule has 0 fully saturated rings. The maximum absolute atomic E-state index is 12.2. The van der Waals surface area contributed by atoms with E-state index >= 15 is 0 Å². The van der Waals surface area contributed by atoms with Crippen LogP contribution in [0.15, 0.2) is 34.1 Å². The van der Waals surface area contributed by atoms with Gasteiger partial charge in [-0.25, -0.2) is 4.98 Å². The smallest absolute Gasteiger partial charge is 0.317 e. The van der Waals surface area contributed by atoms with Crippen molar-refractivity contribution in [2.24, 2.45) is 0 Å². The fraction of sp³-hybridized carbons (Fsp3) is 0.267. The number of nitrogens with zero attached hydrogens (tertiary/aromatic N) is 1. The Hall–Kier alpha value is -2.28. The van der Waals surface area contributed by atoms with E-state index in [4.69, 9.17) is 0 Å². The fourth-order valence-electron chi connectivity index (χ4n) is 2.53. The average molecular weight is 318 g/mol. The molecule has 3 rings (SSSR count). The van der Waals surface area contributed by atoms with E-state index in [0.717, 1.165) is 17.3 Å². The molecule has 1 aliphatic heterocycles. The molecule has 6 nitrogen and oxygen atoms in total. The molecular formula is C15H14N2O4S. The minimum absolute atomic E-state index is 0.174. The van der Waals surface area contributed by atoms with E-state index in [-0.39, 0.29) is 17.2 Å². The zero-order chi connectivity index (χ0) is 15.9. The predicted molar refractivity (Wildman–Crippen MR) is 81.5 cm³/mol. The van der Waals surface area contributed by atoms with Crippen LogP contribution < -0.4 is 5.56 Å². The lowest BCUT2D eigenvalue weighted by molar-refractivity contribution is -0.136. The summed E-state index contributed by atoms with van der Waals surface area (Å²) in [4.78, 5) is 30.5. The minimum Gasteiger partial charge on any atom is -0.508 e. The Balaban J connectivity index is 1.93. The largest absolute Gasteiger partial charge is 0.508 e. The zero-order valence-corrected chi connectivity index (χ0v) is 12.6. The molecule has 1 aliphatic rings. The average Bonchev–Trinajstić information content (AvgIpc) is 2.79. The van der Waals surface area contributed by atoms with E-state index < -0.39 is 11.2 Å². The van der Waals surface area contributed by atoms with Gasteiger partial charge in [-0.1, -0.05) is 30.8 Å². The van der Waals surface area contributed by atoms with E-state index in [1.165, 1.54) is 0 Å². The van der Waals surface area contributed by atoms with E-state index in [2.05, 4.69) is 9.97 Å². The van der Waals surface area contributed by atoms with Crippen molar-refractivity contribution in [2.75, 3.05) is 0 Å². The van der Waals surface area contributed by atoms with Crippen molar-refractivity contribution in [3.05, 3.63) is 51.6 Å². The Bertz CT molecular complexity index is 785. The lowest BCUT2D eigenvalue weighted by Gasteiger charge is -2.08. The highest BCUT2D eigenvalue weighted by Gasteiger charge is 2.38.